The molecule has 0 spiro atoms. The van der Waals surface area contributed by atoms with Crippen LogP contribution in [0.25, 0.3) is 0 Å². The third-order valence-corrected chi connectivity index (χ3v) is 3.51. The summed E-state index contributed by atoms with van der Waals surface area (Å²) in [6.07, 6.45) is 3.92. The van der Waals surface area contributed by atoms with Crippen LogP contribution in [0.15, 0.2) is 36.5 Å². The highest BCUT2D eigenvalue weighted by Gasteiger charge is 2.09. The number of anilines is 1. The van der Waals surface area contributed by atoms with Crippen LogP contribution in [0.2, 0.25) is 0 Å². The molecule has 0 saturated carbocycles. The number of benzene rings is 1. The summed E-state index contributed by atoms with van der Waals surface area (Å²) in [6, 6.07) is 10.1. The summed E-state index contributed by atoms with van der Waals surface area (Å²) in [5.41, 5.74) is 6.87. The van der Waals surface area contributed by atoms with E-state index in [1.165, 1.54) is 5.56 Å². The van der Waals surface area contributed by atoms with E-state index in [0.29, 0.717) is 18.3 Å². The first kappa shape index (κ1) is 14.4. The van der Waals surface area contributed by atoms with E-state index in [1.807, 2.05) is 23.0 Å². The minimum Gasteiger partial charge on any atom is -0.493 e. The standard InChI is InChI=1S/C16H23N3O/c1-3-13(2)14-7-4-5-8-15(14)20-12-6-10-19-11-9-16(17)18-19/h4-5,7-9,11,13H,3,6,10,12H2,1-2H3,(H2,17,18). The summed E-state index contributed by atoms with van der Waals surface area (Å²) in [6.45, 7) is 5.94. The maximum atomic E-state index is 5.92. The van der Waals surface area contributed by atoms with E-state index in [-0.39, 0.29) is 0 Å². The first-order valence-corrected chi connectivity index (χ1v) is 7.21. The molecule has 0 saturated heterocycles. The van der Waals surface area contributed by atoms with Gasteiger partial charge in [0, 0.05) is 19.2 Å². The number of nitrogens with zero attached hydrogens (tertiary/aromatic N) is 2. The molecule has 1 unspecified atom stereocenters. The minimum atomic E-state index is 0.525. The molecule has 0 fully saturated rings. The van der Waals surface area contributed by atoms with Crippen molar-refractivity contribution in [1.82, 2.24) is 9.78 Å². The van der Waals surface area contributed by atoms with E-state index in [2.05, 4.69) is 31.1 Å². The predicted molar refractivity (Wildman–Crippen MR) is 81.9 cm³/mol. The lowest BCUT2D eigenvalue weighted by Gasteiger charge is -2.15. The minimum absolute atomic E-state index is 0.525. The van der Waals surface area contributed by atoms with Crippen molar-refractivity contribution in [2.75, 3.05) is 12.3 Å². The average Bonchev–Trinajstić information content (AvgIpc) is 2.89. The number of hydrogen-bond donors (Lipinski definition) is 1. The van der Waals surface area contributed by atoms with Crippen LogP contribution < -0.4 is 10.5 Å². The highest BCUT2D eigenvalue weighted by atomic mass is 16.5. The highest BCUT2D eigenvalue weighted by molar-refractivity contribution is 5.35. The maximum absolute atomic E-state index is 5.92. The Balaban J connectivity index is 1.85. The van der Waals surface area contributed by atoms with E-state index in [4.69, 9.17) is 10.5 Å². The van der Waals surface area contributed by atoms with E-state index >= 15 is 0 Å². The van der Waals surface area contributed by atoms with Crippen molar-refractivity contribution in [3.63, 3.8) is 0 Å². The molecular formula is C16H23N3O. The van der Waals surface area contributed by atoms with Crippen LogP contribution >= 0.6 is 0 Å². The van der Waals surface area contributed by atoms with Gasteiger partial charge < -0.3 is 10.5 Å². The van der Waals surface area contributed by atoms with Gasteiger partial charge >= 0.3 is 0 Å². The van der Waals surface area contributed by atoms with Crippen LogP contribution in [0.1, 0.15) is 38.2 Å². The average molecular weight is 273 g/mol. The number of hydrogen-bond acceptors (Lipinski definition) is 3. The van der Waals surface area contributed by atoms with Crippen molar-refractivity contribution < 1.29 is 4.74 Å². The Labute approximate surface area is 120 Å². The second kappa shape index (κ2) is 6.98. The smallest absolute Gasteiger partial charge is 0.145 e. The molecule has 2 N–H and O–H groups in total. The van der Waals surface area contributed by atoms with Crippen LogP contribution in [0.5, 0.6) is 5.75 Å². The fraction of sp³-hybridized carbons (Fsp3) is 0.438. The molecule has 1 heterocycles. The molecule has 0 bridgehead atoms. The number of ether oxygens (including phenoxy) is 1. The van der Waals surface area contributed by atoms with Crippen LogP contribution in [0.4, 0.5) is 5.82 Å². The Hall–Kier alpha value is -1.97. The topological polar surface area (TPSA) is 53.1 Å². The second-order valence-electron chi connectivity index (χ2n) is 5.05. The van der Waals surface area contributed by atoms with Gasteiger partial charge in [-0.1, -0.05) is 32.0 Å². The molecule has 0 aliphatic rings. The fourth-order valence-electron chi connectivity index (χ4n) is 2.15. The van der Waals surface area contributed by atoms with Gasteiger partial charge in [0.2, 0.25) is 0 Å². The van der Waals surface area contributed by atoms with Gasteiger partial charge in [-0.05, 0) is 30.0 Å². The number of aryl methyl sites for hydroxylation is 1. The molecule has 1 aromatic heterocycles. The monoisotopic (exact) mass is 273 g/mol. The molecule has 0 amide bonds. The number of para-hydroxylation sites is 1. The van der Waals surface area contributed by atoms with Crippen molar-refractivity contribution in [3.8, 4) is 5.75 Å². The quantitative estimate of drug-likeness (QED) is 0.786. The summed E-state index contributed by atoms with van der Waals surface area (Å²) >= 11 is 0. The van der Waals surface area contributed by atoms with Crippen LogP contribution in [-0.2, 0) is 6.54 Å². The molecule has 4 heteroatoms. The number of rotatable bonds is 7. The summed E-state index contributed by atoms with van der Waals surface area (Å²) in [5, 5.41) is 4.15. The molecular weight excluding hydrogens is 250 g/mol. The van der Waals surface area contributed by atoms with Crippen molar-refractivity contribution >= 4 is 5.82 Å². The molecule has 4 nitrogen and oxygen atoms in total. The van der Waals surface area contributed by atoms with Gasteiger partial charge in [-0.3, -0.25) is 4.68 Å². The van der Waals surface area contributed by atoms with E-state index in [0.717, 1.165) is 25.1 Å². The van der Waals surface area contributed by atoms with Gasteiger partial charge in [-0.15, -0.1) is 0 Å². The number of aromatic nitrogens is 2. The molecule has 0 radical (unpaired) electrons. The first-order valence-electron chi connectivity index (χ1n) is 7.21. The van der Waals surface area contributed by atoms with Crippen molar-refractivity contribution in [2.45, 2.75) is 39.2 Å². The summed E-state index contributed by atoms with van der Waals surface area (Å²) < 4.78 is 7.76. The lowest BCUT2D eigenvalue weighted by atomic mass is 9.98. The predicted octanol–water partition coefficient (Wildman–Crippen LogP) is 3.45. The zero-order valence-corrected chi connectivity index (χ0v) is 12.2. The molecule has 1 aromatic carbocycles. The Morgan fingerprint density at radius 3 is 2.80 bits per heavy atom. The fourth-order valence-corrected chi connectivity index (χ4v) is 2.15. The molecule has 1 atom stereocenters. The van der Waals surface area contributed by atoms with Crippen LogP contribution in [0, 0.1) is 0 Å². The van der Waals surface area contributed by atoms with Gasteiger partial charge in [-0.2, -0.15) is 5.10 Å². The molecule has 2 rings (SSSR count). The SMILES string of the molecule is CCC(C)c1ccccc1OCCCn1ccc(N)n1. The van der Waals surface area contributed by atoms with Crippen LogP contribution in [0.3, 0.4) is 0 Å². The summed E-state index contributed by atoms with van der Waals surface area (Å²) in [7, 11) is 0. The Morgan fingerprint density at radius 2 is 2.10 bits per heavy atom. The van der Waals surface area contributed by atoms with Crippen molar-refractivity contribution in [2.24, 2.45) is 0 Å². The highest BCUT2D eigenvalue weighted by Crippen LogP contribution is 2.28. The summed E-state index contributed by atoms with van der Waals surface area (Å²) in [5.74, 6) is 2.09. The van der Waals surface area contributed by atoms with Crippen molar-refractivity contribution in [1.29, 1.82) is 0 Å². The van der Waals surface area contributed by atoms with Gasteiger partial charge in [0.1, 0.15) is 11.6 Å². The van der Waals surface area contributed by atoms with Gasteiger partial charge in [0.25, 0.3) is 0 Å². The van der Waals surface area contributed by atoms with E-state index in [9.17, 15) is 0 Å². The molecule has 0 aliphatic heterocycles. The number of nitrogens with two attached hydrogens (primary N) is 1. The zero-order chi connectivity index (χ0) is 14.4. The van der Waals surface area contributed by atoms with E-state index in [1.54, 1.807) is 6.07 Å². The Kier molecular flexibility index (Phi) is 5.04. The third kappa shape index (κ3) is 3.76. The Bertz CT molecular complexity index is 536. The van der Waals surface area contributed by atoms with Gasteiger partial charge in [0.05, 0.1) is 6.61 Å². The summed E-state index contributed by atoms with van der Waals surface area (Å²) in [4.78, 5) is 0. The normalized spacial score (nSPS) is 12.3. The second-order valence-corrected chi connectivity index (χ2v) is 5.05. The van der Waals surface area contributed by atoms with Crippen LogP contribution in [-0.4, -0.2) is 16.4 Å². The molecule has 108 valence electrons. The molecule has 20 heavy (non-hydrogen) atoms. The molecule has 0 aliphatic carbocycles. The number of nitrogen functional groups attached to an aromatic ring is 1. The van der Waals surface area contributed by atoms with E-state index < -0.39 is 0 Å². The third-order valence-electron chi connectivity index (χ3n) is 3.51. The lowest BCUT2D eigenvalue weighted by Crippen LogP contribution is -2.07. The Morgan fingerprint density at radius 1 is 1.30 bits per heavy atom. The maximum Gasteiger partial charge on any atom is 0.145 e. The lowest BCUT2D eigenvalue weighted by molar-refractivity contribution is 0.294. The largest absolute Gasteiger partial charge is 0.493 e. The zero-order valence-electron chi connectivity index (χ0n) is 12.2. The van der Waals surface area contributed by atoms with Crippen molar-refractivity contribution in [3.05, 3.63) is 42.1 Å². The molecule has 2 aromatic rings. The first-order chi connectivity index (χ1) is 9.70. The van der Waals surface area contributed by atoms with Gasteiger partial charge in [-0.25, -0.2) is 0 Å². The van der Waals surface area contributed by atoms with Gasteiger partial charge in [0.15, 0.2) is 0 Å².